The lowest BCUT2D eigenvalue weighted by molar-refractivity contribution is -0.387. The first-order chi connectivity index (χ1) is 12.4. The average molecular weight is 357 g/mol. The molecule has 1 unspecified atom stereocenters. The van der Waals surface area contributed by atoms with Crippen LogP contribution in [-0.4, -0.2) is 30.3 Å². The van der Waals surface area contributed by atoms with E-state index in [0.717, 1.165) is 12.1 Å². The lowest BCUT2D eigenvalue weighted by atomic mass is 10.1. The molecule has 1 aliphatic heterocycles. The summed E-state index contributed by atoms with van der Waals surface area (Å²) in [5, 5.41) is 10.9. The van der Waals surface area contributed by atoms with Gasteiger partial charge in [-0.2, -0.15) is 4.39 Å². The Labute approximate surface area is 148 Å². The van der Waals surface area contributed by atoms with Gasteiger partial charge in [-0.3, -0.25) is 19.7 Å². The molecule has 1 saturated heterocycles. The van der Waals surface area contributed by atoms with Crippen molar-refractivity contribution >= 4 is 28.9 Å². The minimum Gasteiger partial charge on any atom is -0.315 e. The minimum absolute atomic E-state index is 0.00117. The molecule has 1 heterocycles. The number of benzene rings is 2. The number of para-hydroxylation sites is 1. The third-order valence-electron chi connectivity index (χ3n) is 4.39. The number of nitro benzene ring substituents is 1. The van der Waals surface area contributed by atoms with Crippen molar-refractivity contribution in [1.29, 1.82) is 0 Å². The van der Waals surface area contributed by atoms with E-state index >= 15 is 0 Å². The Morgan fingerprint density at radius 3 is 2.62 bits per heavy atom. The molecule has 1 aliphatic rings. The topological polar surface area (TPSA) is 83.8 Å². The number of halogens is 1. The molecule has 3 rings (SSSR count). The second-order valence-corrected chi connectivity index (χ2v) is 6.03. The minimum atomic E-state index is -0.971. The van der Waals surface area contributed by atoms with Crippen LogP contribution in [0.15, 0.2) is 48.5 Å². The van der Waals surface area contributed by atoms with Crippen LogP contribution in [0.3, 0.4) is 0 Å². The molecule has 8 heteroatoms. The average Bonchev–Trinajstić information content (AvgIpc) is 3.03. The molecule has 0 N–H and O–H groups in total. The fourth-order valence-electron chi connectivity index (χ4n) is 2.98. The first kappa shape index (κ1) is 17.5. The lowest BCUT2D eigenvalue weighted by Gasteiger charge is -2.21. The van der Waals surface area contributed by atoms with E-state index in [4.69, 9.17) is 0 Å². The van der Waals surface area contributed by atoms with E-state index < -0.39 is 22.3 Å². The van der Waals surface area contributed by atoms with E-state index in [1.54, 1.807) is 19.2 Å². The highest BCUT2D eigenvalue weighted by atomic mass is 19.1. The second-order valence-electron chi connectivity index (χ2n) is 6.03. The molecule has 0 bridgehead atoms. The maximum Gasteiger partial charge on any atom is 0.306 e. The predicted octanol–water partition coefficient (Wildman–Crippen LogP) is 2.75. The van der Waals surface area contributed by atoms with Gasteiger partial charge in [-0.15, -0.1) is 0 Å². The number of rotatable bonds is 4. The van der Waals surface area contributed by atoms with Crippen molar-refractivity contribution in [3.63, 3.8) is 0 Å². The van der Waals surface area contributed by atoms with Crippen molar-refractivity contribution in [2.45, 2.75) is 6.42 Å². The molecule has 0 aliphatic carbocycles. The van der Waals surface area contributed by atoms with Crippen LogP contribution in [0.25, 0.3) is 0 Å². The fraction of sp³-hybridized carbons (Fsp3) is 0.222. The van der Waals surface area contributed by atoms with Crippen LogP contribution >= 0.6 is 0 Å². The number of nitro groups is 1. The van der Waals surface area contributed by atoms with E-state index in [0.29, 0.717) is 5.69 Å². The van der Waals surface area contributed by atoms with E-state index in [9.17, 15) is 24.1 Å². The van der Waals surface area contributed by atoms with Gasteiger partial charge >= 0.3 is 5.69 Å². The highest BCUT2D eigenvalue weighted by molar-refractivity contribution is 6.04. The molecule has 26 heavy (non-hydrogen) atoms. The van der Waals surface area contributed by atoms with Crippen LogP contribution in [-0.2, 0) is 9.59 Å². The Balaban J connectivity index is 1.80. The Hall–Kier alpha value is -3.29. The lowest BCUT2D eigenvalue weighted by Crippen LogP contribution is -2.34. The van der Waals surface area contributed by atoms with Gasteiger partial charge in [0.05, 0.1) is 16.5 Å². The first-order valence-electron chi connectivity index (χ1n) is 7.95. The molecule has 134 valence electrons. The van der Waals surface area contributed by atoms with Gasteiger partial charge < -0.3 is 9.80 Å². The Morgan fingerprint density at radius 1 is 1.27 bits per heavy atom. The zero-order valence-corrected chi connectivity index (χ0v) is 14.0. The second kappa shape index (κ2) is 6.91. The Morgan fingerprint density at radius 2 is 1.96 bits per heavy atom. The summed E-state index contributed by atoms with van der Waals surface area (Å²) < 4.78 is 13.5. The largest absolute Gasteiger partial charge is 0.315 e. The fourth-order valence-corrected chi connectivity index (χ4v) is 2.98. The summed E-state index contributed by atoms with van der Waals surface area (Å²) in [5.41, 5.74) is 0.216. The monoisotopic (exact) mass is 357 g/mol. The molecule has 1 atom stereocenters. The van der Waals surface area contributed by atoms with Gasteiger partial charge in [0.15, 0.2) is 0 Å². The predicted molar refractivity (Wildman–Crippen MR) is 93.4 cm³/mol. The van der Waals surface area contributed by atoms with E-state index in [1.807, 2.05) is 18.2 Å². The summed E-state index contributed by atoms with van der Waals surface area (Å²) in [5.74, 6) is -2.09. The van der Waals surface area contributed by atoms with Gasteiger partial charge in [-0.05, 0) is 24.3 Å². The highest BCUT2D eigenvalue weighted by Crippen LogP contribution is 2.30. The zero-order valence-electron chi connectivity index (χ0n) is 14.0. The van der Waals surface area contributed by atoms with Crippen molar-refractivity contribution in [3.05, 3.63) is 64.5 Å². The van der Waals surface area contributed by atoms with Gasteiger partial charge in [0.2, 0.25) is 17.6 Å². The summed E-state index contributed by atoms with van der Waals surface area (Å²) in [4.78, 5) is 37.8. The van der Waals surface area contributed by atoms with Crippen molar-refractivity contribution in [2.24, 2.45) is 5.92 Å². The van der Waals surface area contributed by atoms with Crippen LogP contribution in [0.2, 0.25) is 0 Å². The number of carbonyl (C=O) groups excluding carboxylic acids is 2. The van der Waals surface area contributed by atoms with Crippen LogP contribution < -0.4 is 9.80 Å². The summed E-state index contributed by atoms with van der Waals surface area (Å²) in [6.45, 7) is 0.0949. The number of anilines is 2. The van der Waals surface area contributed by atoms with Gasteiger partial charge in [-0.1, -0.05) is 18.2 Å². The maximum absolute atomic E-state index is 13.5. The van der Waals surface area contributed by atoms with Crippen molar-refractivity contribution in [3.8, 4) is 0 Å². The molecule has 2 aromatic carbocycles. The number of nitrogens with zero attached hydrogens (tertiary/aromatic N) is 3. The summed E-state index contributed by atoms with van der Waals surface area (Å²) in [6.07, 6.45) is 0.00117. The SMILES string of the molecule is CN(C(=O)C1CC(=O)N(c2ccc(F)c([N+](=O)[O-])c2)C1)c1ccccc1. The normalized spacial score (nSPS) is 16.6. The van der Waals surface area contributed by atoms with E-state index in [-0.39, 0.29) is 30.5 Å². The Bertz CT molecular complexity index is 872. The molecular formula is C18H16FN3O4. The molecule has 0 spiro atoms. The van der Waals surface area contributed by atoms with Gasteiger partial charge in [0.25, 0.3) is 0 Å². The molecule has 2 amide bonds. The molecule has 0 radical (unpaired) electrons. The van der Waals surface area contributed by atoms with Gasteiger partial charge in [-0.25, -0.2) is 0 Å². The number of hydrogen-bond donors (Lipinski definition) is 0. The van der Waals surface area contributed by atoms with Crippen LogP contribution in [0.1, 0.15) is 6.42 Å². The molecule has 0 aromatic heterocycles. The molecule has 0 saturated carbocycles. The Kier molecular flexibility index (Phi) is 4.66. The van der Waals surface area contributed by atoms with Gasteiger partial charge in [0, 0.05) is 31.8 Å². The maximum atomic E-state index is 13.5. The van der Waals surface area contributed by atoms with Crippen molar-refractivity contribution in [2.75, 3.05) is 23.4 Å². The highest BCUT2D eigenvalue weighted by Gasteiger charge is 2.37. The van der Waals surface area contributed by atoms with Crippen LogP contribution in [0.5, 0.6) is 0 Å². The number of amides is 2. The summed E-state index contributed by atoms with van der Waals surface area (Å²) in [6, 6.07) is 12.3. The van der Waals surface area contributed by atoms with Gasteiger partial charge in [0.1, 0.15) is 0 Å². The number of carbonyl (C=O) groups is 2. The zero-order chi connectivity index (χ0) is 18.8. The molecule has 7 nitrogen and oxygen atoms in total. The van der Waals surface area contributed by atoms with Crippen molar-refractivity contribution < 1.29 is 18.9 Å². The smallest absolute Gasteiger partial charge is 0.306 e. The molecule has 1 fully saturated rings. The van der Waals surface area contributed by atoms with Crippen molar-refractivity contribution in [1.82, 2.24) is 0 Å². The third-order valence-corrected chi connectivity index (χ3v) is 4.39. The van der Waals surface area contributed by atoms with Crippen LogP contribution in [0, 0.1) is 21.8 Å². The molecule has 2 aromatic rings. The standard InChI is InChI=1S/C18H16FN3O4/c1-20(13-5-3-2-4-6-13)18(24)12-9-17(23)21(11-12)14-7-8-15(19)16(10-14)22(25)26/h2-8,10,12H,9,11H2,1H3. The molecular weight excluding hydrogens is 341 g/mol. The van der Waals surface area contributed by atoms with E-state index in [1.165, 1.54) is 15.9 Å². The third kappa shape index (κ3) is 3.26. The van der Waals surface area contributed by atoms with E-state index in [2.05, 4.69) is 0 Å². The number of hydrogen-bond acceptors (Lipinski definition) is 4. The first-order valence-corrected chi connectivity index (χ1v) is 7.95. The van der Waals surface area contributed by atoms with Crippen LogP contribution in [0.4, 0.5) is 21.5 Å². The summed E-state index contributed by atoms with van der Waals surface area (Å²) >= 11 is 0. The summed E-state index contributed by atoms with van der Waals surface area (Å²) in [7, 11) is 1.63. The quantitative estimate of drug-likeness (QED) is 0.622.